The minimum absolute atomic E-state index is 0.260. The van der Waals surface area contributed by atoms with E-state index >= 15 is 0 Å². The summed E-state index contributed by atoms with van der Waals surface area (Å²) in [5.74, 6) is -0.194. The summed E-state index contributed by atoms with van der Waals surface area (Å²) in [7, 11) is 1.66. The van der Waals surface area contributed by atoms with Gasteiger partial charge in [-0.3, -0.25) is 0 Å². The van der Waals surface area contributed by atoms with Gasteiger partial charge in [0.2, 0.25) is 0 Å². The molecule has 4 aromatic rings. The summed E-state index contributed by atoms with van der Waals surface area (Å²) < 4.78 is 5.61. The fraction of sp³-hybridized carbons (Fsp3) is 0.367. The van der Waals surface area contributed by atoms with E-state index in [2.05, 4.69) is 40.1 Å². The molecule has 1 aromatic carbocycles. The summed E-state index contributed by atoms with van der Waals surface area (Å²) in [4.78, 5) is 21.5. The van der Waals surface area contributed by atoms with Gasteiger partial charge in [-0.15, -0.1) is 0 Å². The number of carboxylic acids is 1. The van der Waals surface area contributed by atoms with Gasteiger partial charge in [-0.05, 0) is 49.2 Å². The number of aromatic nitrogens is 3. The maximum absolute atomic E-state index is 11.3. The third-order valence-electron chi connectivity index (χ3n) is 6.64. The third-order valence-corrected chi connectivity index (χ3v) is 6.64. The van der Waals surface area contributed by atoms with Gasteiger partial charge in [-0.2, -0.15) is 0 Å². The normalized spacial score (nSPS) is 12.6. The summed E-state index contributed by atoms with van der Waals surface area (Å²) in [5, 5.41) is 12.3. The highest BCUT2D eigenvalue weighted by Crippen LogP contribution is 2.29. The van der Waals surface area contributed by atoms with Gasteiger partial charge in [0.15, 0.2) is 0 Å². The van der Waals surface area contributed by atoms with Crippen LogP contribution in [0.15, 0.2) is 42.5 Å². The lowest BCUT2D eigenvalue weighted by atomic mass is 10.1. The minimum atomic E-state index is -0.938. The lowest BCUT2D eigenvalue weighted by Crippen LogP contribution is -2.09. The first kappa shape index (κ1) is 25.4. The Hall–Kier alpha value is -3.67. The second-order valence-corrected chi connectivity index (χ2v) is 9.44. The van der Waals surface area contributed by atoms with Gasteiger partial charge in [-0.25, -0.2) is 4.79 Å². The van der Waals surface area contributed by atoms with Crippen molar-refractivity contribution in [2.24, 2.45) is 0 Å². The molecule has 0 saturated heterocycles. The van der Waals surface area contributed by atoms with E-state index in [-0.39, 0.29) is 5.56 Å². The lowest BCUT2D eigenvalue weighted by Gasteiger charge is -1.99. The SMILES string of the molecule is CCCCCCCCCCC=c1ccc(=Cc2[nH]c(-c3cc4ccc(C(=O)O)cc4[nH]3)cc2OC)[nH]1. The summed E-state index contributed by atoms with van der Waals surface area (Å²) in [6.07, 6.45) is 16.1. The average molecular weight is 488 g/mol. The average Bonchev–Trinajstić information content (AvgIpc) is 3.60. The van der Waals surface area contributed by atoms with Crippen molar-refractivity contribution in [2.75, 3.05) is 7.11 Å². The first-order chi connectivity index (χ1) is 17.6. The predicted octanol–water partition coefficient (Wildman–Crippen LogP) is 6.34. The fourth-order valence-corrected chi connectivity index (χ4v) is 4.60. The van der Waals surface area contributed by atoms with Gasteiger partial charge in [-0.1, -0.05) is 64.0 Å². The van der Waals surface area contributed by atoms with E-state index in [1.54, 1.807) is 19.2 Å². The maximum atomic E-state index is 11.3. The first-order valence-electron chi connectivity index (χ1n) is 13.1. The number of rotatable bonds is 13. The Morgan fingerprint density at radius 1 is 0.861 bits per heavy atom. The van der Waals surface area contributed by atoms with Crippen molar-refractivity contribution in [3.05, 3.63) is 64.4 Å². The topological polar surface area (TPSA) is 93.9 Å². The monoisotopic (exact) mass is 487 g/mol. The van der Waals surface area contributed by atoms with E-state index in [4.69, 9.17) is 4.74 Å². The maximum Gasteiger partial charge on any atom is 0.335 e. The minimum Gasteiger partial charge on any atom is -0.494 e. The Kier molecular flexibility index (Phi) is 8.71. The molecule has 6 heteroatoms. The fourth-order valence-electron chi connectivity index (χ4n) is 4.60. The molecule has 4 N–H and O–H groups in total. The molecule has 3 aromatic heterocycles. The molecule has 0 aliphatic carbocycles. The summed E-state index contributed by atoms with van der Waals surface area (Å²) >= 11 is 0. The molecular formula is C30H37N3O3. The van der Waals surface area contributed by atoms with E-state index in [1.807, 2.05) is 24.3 Å². The van der Waals surface area contributed by atoms with Crippen LogP contribution in [0.4, 0.5) is 0 Å². The van der Waals surface area contributed by atoms with Crippen molar-refractivity contribution in [1.29, 1.82) is 0 Å². The number of carbonyl (C=O) groups is 1. The second-order valence-electron chi connectivity index (χ2n) is 9.44. The van der Waals surface area contributed by atoms with E-state index in [9.17, 15) is 9.90 Å². The Labute approximate surface area is 212 Å². The van der Waals surface area contributed by atoms with E-state index in [1.165, 1.54) is 51.4 Å². The molecule has 0 fully saturated rings. The van der Waals surface area contributed by atoms with Gasteiger partial charge >= 0.3 is 5.97 Å². The smallest absolute Gasteiger partial charge is 0.335 e. The number of methoxy groups -OCH3 is 1. The van der Waals surface area contributed by atoms with Crippen molar-refractivity contribution in [3.8, 4) is 17.1 Å². The Morgan fingerprint density at radius 2 is 1.58 bits per heavy atom. The summed E-state index contributed by atoms with van der Waals surface area (Å²) in [6.45, 7) is 2.26. The number of hydrogen-bond donors (Lipinski definition) is 4. The molecule has 0 saturated carbocycles. The zero-order valence-corrected chi connectivity index (χ0v) is 21.3. The van der Waals surface area contributed by atoms with Crippen LogP contribution >= 0.6 is 0 Å². The molecule has 3 heterocycles. The molecule has 190 valence electrons. The number of H-pyrrole nitrogens is 3. The Balaban J connectivity index is 1.42. The van der Waals surface area contributed by atoms with E-state index in [0.717, 1.165) is 50.9 Å². The molecular weight excluding hydrogens is 450 g/mol. The van der Waals surface area contributed by atoms with Crippen molar-refractivity contribution >= 4 is 29.0 Å². The number of benzene rings is 1. The lowest BCUT2D eigenvalue weighted by molar-refractivity contribution is 0.0697. The predicted molar refractivity (Wildman–Crippen MR) is 147 cm³/mol. The van der Waals surface area contributed by atoms with Crippen LogP contribution in [0, 0.1) is 0 Å². The van der Waals surface area contributed by atoms with Gasteiger partial charge < -0.3 is 24.8 Å². The molecule has 0 atom stereocenters. The zero-order valence-electron chi connectivity index (χ0n) is 21.3. The first-order valence-corrected chi connectivity index (χ1v) is 13.1. The van der Waals surface area contributed by atoms with Crippen LogP contribution in [0.2, 0.25) is 0 Å². The quantitative estimate of drug-likeness (QED) is 0.166. The molecule has 0 aliphatic heterocycles. The molecule has 0 spiro atoms. The number of ether oxygens (including phenoxy) is 1. The second kappa shape index (κ2) is 12.3. The third kappa shape index (κ3) is 6.51. The molecule has 36 heavy (non-hydrogen) atoms. The molecule has 0 bridgehead atoms. The van der Waals surface area contributed by atoms with Gasteiger partial charge in [0, 0.05) is 27.7 Å². The molecule has 0 radical (unpaired) electrons. The molecule has 0 amide bonds. The van der Waals surface area contributed by atoms with E-state index in [0.29, 0.717) is 0 Å². The van der Waals surface area contributed by atoms with Crippen LogP contribution in [-0.4, -0.2) is 33.1 Å². The number of nitrogens with one attached hydrogen (secondary N) is 3. The van der Waals surface area contributed by atoms with Crippen LogP contribution in [0.3, 0.4) is 0 Å². The highest BCUT2D eigenvalue weighted by atomic mass is 16.5. The highest BCUT2D eigenvalue weighted by molar-refractivity contribution is 5.94. The molecule has 0 unspecified atom stereocenters. The van der Waals surface area contributed by atoms with Crippen LogP contribution in [0.5, 0.6) is 5.75 Å². The van der Waals surface area contributed by atoms with Crippen LogP contribution in [0.1, 0.15) is 80.8 Å². The standard InChI is InChI=1S/C30H37N3O3/c1-3-4-5-6-7-8-9-10-11-12-23-15-16-24(31-23)19-28-29(36-2)20-27(33-28)26-17-21-13-14-22(30(34)35)18-25(21)32-26/h12-20,31-33H,3-11H2,1-2H3,(H,34,35). The van der Waals surface area contributed by atoms with Gasteiger partial charge in [0.05, 0.1) is 29.8 Å². The molecule has 4 rings (SSSR count). The van der Waals surface area contributed by atoms with Crippen LogP contribution in [-0.2, 0) is 0 Å². The van der Waals surface area contributed by atoms with E-state index < -0.39 is 5.97 Å². The Morgan fingerprint density at radius 3 is 2.33 bits per heavy atom. The summed E-state index contributed by atoms with van der Waals surface area (Å²) in [6, 6.07) is 13.2. The zero-order chi connectivity index (χ0) is 25.3. The number of carboxylic acid groups (broad SMARTS) is 1. The van der Waals surface area contributed by atoms with Crippen molar-refractivity contribution < 1.29 is 14.6 Å². The number of hydrogen-bond acceptors (Lipinski definition) is 2. The van der Waals surface area contributed by atoms with Crippen molar-refractivity contribution in [2.45, 2.75) is 64.7 Å². The van der Waals surface area contributed by atoms with Crippen molar-refractivity contribution in [1.82, 2.24) is 15.0 Å². The number of fused-ring (bicyclic) bond motifs is 1. The molecule has 6 nitrogen and oxygen atoms in total. The van der Waals surface area contributed by atoms with Gasteiger partial charge in [0.25, 0.3) is 0 Å². The number of unbranched alkanes of at least 4 members (excludes halogenated alkanes) is 8. The van der Waals surface area contributed by atoms with Crippen LogP contribution in [0.25, 0.3) is 34.4 Å². The summed E-state index contributed by atoms with van der Waals surface area (Å²) in [5.41, 5.74) is 3.66. The largest absolute Gasteiger partial charge is 0.494 e. The van der Waals surface area contributed by atoms with Crippen molar-refractivity contribution in [3.63, 3.8) is 0 Å². The Bertz CT molecular complexity index is 1410. The number of aromatic amines is 3. The van der Waals surface area contributed by atoms with Gasteiger partial charge in [0.1, 0.15) is 5.75 Å². The number of aromatic carboxylic acids is 1. The highest BCUT2D eigenvalue weighted by Gasteiger charge is 2.12. The molecule has 0 aliphatic rings. The van der Waals surface area contributed by atoms with Crippen LogP contribution < -0.4 is 15.4 Å².